The largest absolute Gasteiger partial charge is 0.482 e. The quantitative estimate of drug-likeness (QED) is 0.242. The number of hydrogen-bond donors (Lipinski definition) is 1. The molecule has 11 nitrogen and oxygen atoms in total. The first kappa shape index (κ1) is 33.9. The standard InChI is InChI=1S/C36H38BrNO10/c1-19(39)44-18-35(4)26-16-28(47-32(42)21-8-6-10-23(37)14-21)36(5)31(34(26,3)12-11-27(35)45-20(2)40)30(41)29-25(48-36)15-24(46-33(29)43)22-9-7-13-38-17-22/h6-10,13-15,17,26-28,30-31,41H,11-12,16,18H2,1-5H3/t26-,27+,28+,30+,31-,34+,35+,36-/m1/s1. The number of carbonyl (C=O) groups is 3. The summed E-state index contributed by atoms with van der Waals surface area (Å²) in [6.07, 6.45) is 1.24. The smallest absolute Gasteiger partial charge is 0.345 e. The molecular weight excluding hydrogens is 686 g/mol. The number of aliphatic hydroxyl groups is 1. The molecule has 3 aromatic rings. The van der Waals surface area contributed by atoms with Crippen molar-refractivity contribution >= 4 is 33.8 Å². The van der Waals surface area contributed by atoms with Gasteiger partial charge in [-0.05, 0) is 67.9 Å². The van der Waals surface area contributed by atoms with Crippen molar-refractivity contribution in [3.05, 3.63) is 80.9 Å². The first-order valence-corrected chi connectivity index (χ1v) is 16.7. The van der Waals surface area contributed by atoms with E-state index < -0.39 is 70.1 Å². The molecule has 0 radical (unpaired) electrons. The zero-order valence-electron chi connectivity index (χ0n) is 27.4. The molecule has 2 aromatic heterocycles. The lowest BCUT2D eigenvalue weighted by atomic mass is 9.42. The third-order valence-electron chi connectivity index (χ3n) is 10.7. The van der Waals surface area contributed by atoms with Crippen LogP contribution in [0.5, 0.6) is 5.75 Å². The number of aromatic nitrogens is 1. The minimum Gasteiger partial charge on any atom is -0.482 e. The molecule has 1 N–H and O–H groups in total. The summed E-state index contributed by atoms with van der Waals surface area (Å²) in [5.74, 6) is -2.50. The summed E-state index contributed by atoms with van der Waals surface area (Å²) in [5, 5.41) is 12.3. The summed E-state index contributed by atoms with van der Waals surface area (Å²) in [5.41, 5.74) is -3.03. The Kier molecular flexibility index (Phi) is 8.78. The van der Waals surface area contributed by atoms with Crippen LogP contribution in [0, 0.1) is 22.7 Å². The van der Waals surface area contributed by atoms with Crippen molar-refractivity contribution in [2.75, 3.05) is 6.61 Å². The van der Waals surface area contributed by atoms with Crippen molar-refractivity contribution in [2.45, 2.75) is 77.8 Å². The van der Waals surface area contributed by atoms with Gasteiger partial charge in [0.2, 0.25) is 0 Å². The fourth-order valence-corrected chi connectivity index (χ4v) is 9.05. The highest BCUT2D eigenvalue weighted by Crippen LogP contribution is 2.67. The number of ether oxygens (including phenoxy) is 4. The van der Waals surface area contributed by atoms with Crippen LogP contribution in [0.4, 0.5) is 0 Å². The van der Waals surface area contributed by atoms with Gasteiger partial charge in [0.25, 0.3) is 0 Å². The van der Waals surface area contributed by atoms with Gasteiger partial charge in [-0.1, -0.05) is 35.8 Å². The van der Waals surface area contributed by atoms with Crippen LogP contribution in [0.15, 0.2) is 68.5 Å². The molecular formula is C36H38BrNO10. The molecule has 0 spiro atoms. The normalized spacial score (nSPS) is 32.0. The van der Waals surface area contributed by atoms with Gasteiger partial charge in [-0.15, -0.1) is 0 Å². The highest BCUT2D eigenvalue weighted by atomic mass is 79.9. The predicted molar refractivity (Wildman–Crippen MR) is 175 cm³/mol. The molecule has 1 aliphatic heterocycles. The number of hydrogen-bond acceptors (Lipinski definition) is 11. The molecule has 0 bridgehead atoms. The third-order valence-corrected chi connectivity index (χ3v) is 11.2. The van der Waals surface area contributed by atoms with E-state index in [1.807, 2.05) is 13.8 Å². The Morgan fingerprint density at radius 1 is 1.04 bits per heavy atom. The van der Waals surface area contributed by atoms with Crippen LogP contribution >= 0.6 is 15.9 Å². The first-order chi connectivity index (χ1) is 22.7. The van der Waals surface area contributed by atoms with Crippen molar-refractivity contribution < 1.29 is 42.9 Å². The number of pyridine rings is 1. The van der Waals surface area contributed by atoms with Crippen LogP contribution in [0.3, 0.4) is 0 Å². The Morgan fingerprint density at radius 2 is 1.81 bits per heavy atom. The summed E-state index contributed by atoms with van der Waals surface area (Å²) < 4.78 is 30.9. The minimum atomic E-state index is -1.39. The van der Waals surface area contributed by atoms with E-state index in [1.165, 1.54) is 13.8 Å². The van der Waals surface area contributed by atoms with Gasteiger partial charge in [-0.3, -0.25) is 14.6 Å². The highest BCUT2D eigenvalue weighted by Gasteiger charge is 2.71. The molecule has 0 unspecified atom stereocenters. The SMILES string of the molecule is CC(=O)OC[C@@]1(C)[C@@H]2C[C@H](OC(=O)c3cccc(Br)c3)[C@@]3(C)Oc4cc(-c5cccnc5)oc(=O)c4[C@H](O)[C@@H]3[C@@]2(C)CC[C@@H]1OC(C)=O. The van der Waals surface area contributed by atoms with Crippen LogP contribution in [0.1, 0.15) is 75.9 Å². The summed E-state index contributed by atoms with van der Waals surface area (Å²) in [7, 11) is 0. The number of benzene rings is 1. The monoisotopic (exact) mass is 723 g/mol. The van der Waals surface area contributed by atoms with E-state index >= 15 is 0 Å². The van der Waals surface area contributed by atoms with Gasteiger partial charge in [-0.25, -0.2) is 9.59 Å². The van der Waals surface area contributed by atoms with Gasteiger partial charge < -0.3 is 28.5 Å². The molecule has 0 amide bonds. The topological polar surface area (TPSA) is 151 Å². The average Bonchev–Trinajstić information content (AvgIpc) is 3.02. The van der Waals surface area contributed by atoms with E-state index in [2.05, 4.69) is 20.9 Å². The van der Waals surface area contributed by atoms with Crippen molar-refractivity contribution in [2.24, 2.45) is 22.7 Å². The van der Waals surface area contributed by atoms with Crippen LogP contribution in [0.2, 0.25) is 0 Å². The number of rotatable bonds is 6. The molecule has 2 fully saturated rings. The zero-order valence-corrected chi connectivity index (χ0v) is 28.9. The van der Waals surface area contributed by atoms with Crippen molar-refractivity contribution in [3.8, 4) is 17.1 Å². The Balaban J connectivity index is 1.51. The van der Waals surface area contributed by atoms with Gasteiger partial charge in [-0.2, -0.15) is 0 Å². The lowest BCUT2D eigenvalue weighted by Gasteiger charge is -2.66. The maximum absolute atomic E-state index is 13.8. The summed E-state index contributed by atoms with van der Waals surface area (Å²) in [6, 6.07) is 11.8. The second kappa shape index (κ2) is 12.5. The number of nitrogens with zero attached hydrogens (tertiary/aromatic N) is 1. The minimum absolute atomic E-state index is 0.0344. The second-order valence-electron chi connectivity index (χ2n) is 13.7. The zero-order chi connectivity index (χ0) is 34.6. The van der Waals surface area contributed by atoms with Gasteiger partial charge in [0.05, 0.1) is 11.7 Å². The maximum Gasteiger partial charge on any atom is 0.345 e. The van der Waals surface area contributed by atoms with E-state index in [1.54, 1.807) is 61.8 Å². The number of carbonyl (C=O) groups excluding carboxylic acids is 3. The van der Waals surface area contributed by atoms with Gasteiger partial charge in [0.1, 0.15) is 41.5 Å². The molecule has 12 heteroatoms. The van der Waals surface area contributed by atoms with Crippen LogP contribution in [-0.2, 0) is 23.8 Å². The van der Waals surface area contributed by atoms with Crippen LogP contribution < -0.4 is 10.4 Å². The number of halogens is 1. The number of fused-ring (bicyclic) bond motifs is 4. The molecule has 0 saturated heterocycles. The van der Waals surface area contributed by atoms with Crippen LogP contribution in [0.25, 0.3) is 11.3 Å². The van der Waals surface area contributed by atoms with E-state index in [9.17, 15) is 24.3 Å². The number of aliphatic hydroxyl groups excluding tert-OH is 1. The van der Waals surface area contributed by atoms with Gasteiger partial charge >= 0.3 is 23.5 Å². The van der Waals surface area contributed by atoms with Crippen LogP contribution in [-0.4, -0.2) is 52.4 Å². The first-order valence-electron chi connectivity index (χ1n) is 15.9. The van der Waals surface area contributed by atoms with E-state index in [0.717, 1.165) is 0 Å². The average molecular weight is 725 g/mol. The molecule has 3 aliphatic rings. The molecule has 8 atom stereocenters. The molecule has 254 valence electrons. The van der Waals surface area contributed by atoms with E-state index in [-0.39, 0.29) is 30.1 Å². The summed E-state index contributed by atoms with van der Waals surface area (Å²) >= 11 is 3.41. The van der Waals surface area contributed by atoms with Gasteiger partial charge in [0, 0.05) is 53.7 Å². The Hall–Kier alpha value is -4.03. The van der Waals surface area contributed by atoms with E-state index in [4.69, 9.17) is 23.4 Å². The van der Waals surface area contributed by atoms with Crippen molar-refractivity contribution in [1.29, 1.82) is 0 Å². The van der Waals surface area contributed by atoms with Crippen molar-refractivity contribution in [3.63, 3.8) is 0 Å². The Labute approximate surface area is 286 Å². The third kappa shape index (κ3) is 5.72. The molecule has 2 saturated carbocycles. The highest BCUT2D eigenvalue weighted by molar-refractivity contribution is 9.10. The Morgan fingerprint density at radius 3 is 2.48 bits per heavy atom. The lowest BCUT2D eigenvalue weighted by molar-refractivity contribution is -0.266. The fraction of sp³-hybridized carbons (Fsp3) is 0.472. The van der Waals surface area contributed by atoms with E-state index in [0.29, 0.717) is 28.4 Å². The fourth-order valence-electron chi connectivity index (χ4n) is 8.65. The van der Waals surface area contributed by atoms with Gasteiger partial charge in [0.15, 0.2) is 0 Å². The molecule has 2 aliphatic carbocycles. The molecule has 3 heterocycles. The number of esters is 3. The lowest BCUT2D eigenvalue weighted by Crippen LogP contribution is -2.71. The molecule has 48 heavy (non-hydrogen) atoms. The molecule has 6 rings (SSSR count). The maximum atomic E-state index is 13.8. The molecule has 1 aromatic carbocycles. The second-order valence-corrected chi connectivity index (χ2v) is 14.7. The Bertz CT molecular complexity index is 1810. The summed E-state index contributed by atoms with van der Waals surface area (Å²) in [6.45, 7) is 8.24. The summed E-state index contributed by atoms with van der Waals surface area (Å²) in [4.78, 5) is 55.9. The predicted octanol–water partition coefficient (Wildman–Crippen LogP) is 5.81. The van der Waals surface area contributed by atoms with Crippen molar-refractivity contribution in [1.82, 2.24) is 4.98 Å².